The predicted molar refractivity (Wildman–Crippen MR) is 114 cm³/mol. The van der Waals surface area contributed by atoms with E-state index in [-0.39, 0.29) is 5.82 Å². The molecule has 0 saturated carbocycles. The van der Waals surface area contributed by atoms with E-state index in [1.165, 1.54) is 6.07 Å². The number of aliphatic hydroxyl groups excluding tert-OH is 6. The minimum Gasteiger partial charge on any atom is -0.394 e. The van der Waals surface area contributed by atoms with Crippen LogP contribution >= 0.6 is 15.4 Å². The van der Waals surface area contributed by atoms with Crippen LogP contribution in [0.15, 0.2) is 17.1 Å². The Morgan fingerprint density at radius 1 is 1.06 bits per heavy atom. The highest BCUT2D eigenvalue weighted by molar-refractivity contribution is 7.64. The second-order valence-corrected chi connectivity index (χ2v) is 11.6. The molecule has 206 valence electrons. The topological polar surface area (TPSA) is 283 Å². The summed E-state index contributed by atoms with van der Waals surface area (Å²) in [5.41, 5.74) is 4.49. The first-order chi connectivity index (χ1) is 16.7. The van der Waals surface area contributed by atoms with Gasteiger partial charge in [-0.15, -0.1) is 0 Å². The van der Waals surface area contributed by atoms with Gasteiger partial charge in [0, 0.05) is 12.9 Å². The number of phosphoric acid groups is 1. The molecule has 0 amide bonds. The van der Waals surface area contributed by atoms with Crippen molar-refractivity contribution >= 4 is 21.2 Å². The van der Waals surface area contributed by atoms with Gasteiger partial charge >= 0.3 is 21.1 Å². The molecule has 2 fully saturated rings. The van der Waals surface area contributed by atoms with Crippen molar-refractivity contribution in [2.24, 2.45) is 0 Å². The van der Waals surface area contributed by atoms with Crippen LogP contribution < -0.4 is 11.4 Å². The maximum absolute atomic E-state index is 12.6. The average molecular weight is 563 g/mol. The Hall–Kier alpha value is -1.34. The zero-order valence-corrected chi connectivity index (χ0v) is 20.3. The summed E-state index contributed by atoms with van der Waals surface area (Å²) in [4.78, 5) is 25.4. The number of hydrogen-bond acceptors (Lipinski definition) is 16. The van der Waals surface area contributed by atoms with E-state index in [9.17, 15) is 49.5 Å². The molecule has 2 aliphatic rings. The highest BCUT2D eigenvalue weighted by atomic mass is 31.3. The van der Waals surface area contributed by atoms with Crippen molar-refractivity contribution in [3.8, 4) is 0 Å². The molecule has 5 unspecified atom stereocenters. The van der Waals surface area contributed by atoms with Crippen molar-refractivity contribution < 1.29 is 67.5 Å². The van der Waals surface area contributed by atoms with Gasteiger partial charge in [-0.1, -0.05) is 0 Å². The van der Waals surface area contributed by atoms with E-state index in [0.717, 1.165) is 10.8 Å². The Morgan fingerprint density at radius 2 is 1.69 bits per heavy atom. The number of nitrogen functional groups attached to an aromatic ring is 1. The second kappa shape index (κ2) is 11.2. The van der Waals surface area contributed by atoms with Crippen molar-refractivity contribution in [3.05, 3.63) is 22.7 Å². The van der Waals surface area contributed by atoms with E-state index in [2.05, 4.69) is 13.8 Å². The number of rotatable bonds is 9. The lowest BCUT2D eigenvalue weighted by Crippen LogP contribution is -2.58. The summed E-state index contributed by atoms with van der Waals surface area (Å²) >= 11 is 0. The van der Waals surface area contributed by atoms with Gasteiger partial charge in [-0.05, 0) is 6.07 Å². The number of nitrogens with zero attached hydrogens (tertiary/aromatic N) is 2. The van der Waals surface area contributed by atoms with Crippen LogP contribution in [0.1, 0.15) is 6.23 Å². The Balaban J connectivity index is 1.61. The molecule has 0 aromatic carbocycles. The summed E-state index contributed by atoms with van der Waals surface area (Å²) in [6, 6.07) is 1.23. The molecule has 36 heavy (non-hydrogen) atoms. The zero-order valence-electron chi connectivity index (χ0n) is 18.5. The third kappa shape index (κ3) is 6.56. The molecule has 1 aromatic heterocycles. The highest BCUT2D eigenvalue weighted by Gasteiger charge is 2.48. The van der Waals surface area contributed by atoms with E-state index >= 15 is 0 Å². The number of anilines is 1. The lowest BCUT2D eigenvalue weighted by molar-refractivity contribution is -0.278. The van der Waals surface area contributed by atoms with Crippen LogP contribution in [-0.4, -0.2) is 114 Å². The number of phosphoric ester groups is 1. The number of aromatic nitrogens is 2. The van der Waals surface area contributed by atoms with Crippen molar-refractivity contribution in [3.63, 3.8) is 0 Å². The Bertz CT molecular complexity index is 1070. The molecule has 18 nitrogen and oxygen atoms in total. The van der Waals surface area contributed by atoms with Gasteiger partial charge < -0.3 is 50.7 Å². The van der Waals surface area contributed by atoms with Crippen molar-refractivity contribution in [1.29, 1.82) is 0 Å². The first kappa shape index (κ1) is 29.2. The number of nitrogens with two attached hydrogens (primary N) is 1. The van der Waals surface area contributed by atoms with Crippen molar-refractivity contribution in [2.75, 3.05) is 25.6 Å². The number of aliphatic hydroxyl groups is 6. The van der Waals surface area contributed by atoms with Crippen LogP contribution in [0.2, 0.25) is 0 Å². The largest absolute Gasteiger partial charge is 0.479 e. The summed E-state index contributed by atoms with van der Waals surface area (Å²) in [5.74, 6) is -0.0996. The fraction of sp³-hybridized carbons (Fsp3) is 0.750. The molecular formula is C16H27N3O15P2. The van der Waals surface area contributed by atoms with Crippen LogP contribution in [0.25, 0.3) is 0 Å². The highest BCUT2D eigenvalue weighted by Crippen LogP contribution is 2.61. The molecule has 2 saturated heterocycles. The molecular weight excluding hydrogens is 536 g/mol. The fourth-order valence-corrected chi connectivity index (χ4v) is 6.19. The van der Waals surface area contributed by atoms with E-state index in [1.807, 2.05) is 0 Å². The molecule has 1 aromatic rings. The van der Waals surface area contributed by atoms with Crippen molar-refractivity contribution in [2.45, 2.75) is 55.2 Å². The lowest BCUT2D eigenvalue weighted by Gasteiger charge is -2.40. The lowest BCUT2D eigenvalue weighted by atomic mass is 10.00. The standard InChI is InChI=1S/C16H27N3O15P2/c1-35(27,33-15-13(25)11(23)9(21)6(4-20)32-15)34-36(28,29)30-5-7-10(22)12(24)14(31-7)19-3-2-8(17)18-16(19)26/h2-3,6-7,9-15,20-25H,4-5H2,1H3,(H,28,29)(H2,17,18,26)/t6?,7-,9-,10?,11?,12+,13-,14-,15-,35?/m1/s1. The molecule has 3 heterocycles. The van der Waals surface area contributed by atoms with E-state index < -0.39 is 89.6 Å². The third-order valence-corrected chi connectivity index (χ3v) is 8.34. The molecule has 0 radical (unpaired) electrons. The van der Waals surface area contributed by atoms with Crippen LogP contribution in [0.5, 0.6) is 0 Å². The minimum absolute atomic E-state index is 0.0996. The van der Waals surface area contributed by atoms with Crippen LogP contribution in [0.4, 0.5) is 5.82 Å². The summed E-state index contributed by atoms with van der Waals surface area (Å²) in [5, 5.41) is 59.1. The first-order valence-corrected chi connectivity index (χ1v) is 13.8. The second-order valence-electron chi connectivity index (χ2n) is 8.01. The normalized spacial score (nSPS) is 38.4. The first-order valence-electron chi connectivity index (χ1n) is 10.3. The van der Waals surface area contributed by atoms with Crippen LogP contribution in [0.3, 0.4) is 0 Å². The van der Waals surface area contributed by atoms with Gasteiger partial charge in [-0.2, -0.15) is 4.98 Å². The maximum Gasteiger partial charge on any atom is 0.479 e. The summed E-state index contributed by atoms with van der Waals surface area (Å²) < 4.78 is 50.2. The Labute approximate surface area is 202 Å². The van der Waals surface area contributed by atoms with Crippen LogP contribution in [-0.2, 0) is 32.0 Å². The predicted octanol–water partition coefficient (Wildman–Crippen LogP) is -3.78. The Kier molecular flexibility index (Phi) is 9.08. The van der Waals surface area contributed by atoms with Crippen molar-refractivity contribution in [1.82, 2.24) is 9.55 Å². The van der Waals surface area contributed by atoms with Gasteiger partial charge in [0.2, 0.25) is 0 Å². The molecule has 9 N–H and O–H groups in total. The van der Waals surface area contributed by atoms with E-state index in [0.29, 0.717) is 6.66 Å². The maximum atomic E-state index is 12.6. The number of ether oxygens (including phenoxy) is 2. The summed E-state index contributed by atoms with van der Waals surface area (Å²) in [6.45, 7) is -0.988. The minimum atomic E-state index is -5.21. The molecule has 0 bridgehead atoms. The molecule has 0 spiro atoms. The molecule has 3 rings (SSSR count). The van der Waals surface area contributed by atoms with Gasteiger partial charge in [0.25, 0.3) is 0 Å². The smallest absolute Gasteiger partial charge is 0.394 e. The molecule has 0 aliphatic carbocycles. The van der Waals surface area contributed by atoms with Crippen LogP contribution in [0, 0.1) is 0 Å². The third-order valence-electron chi connectivity index (χ3n) is 5.26. The summed E-state index contributed by atoms with van der Waals surface area (Å²) in [6.07, 6.45) is -14.0. The van der Waals surface area contributed by atoms with Gasteiger partial charge in [-0.3, -0.25) is 18.2 Å². The Morgan fingerprint density at radius 3 is 2.31 bits per heavy atom. The molecule has 20 heteroatoms. The number of hydrogen-bond donors (Lipinski definition) is 8. The molecule has 2 aliphatic heterocycles. The van der Waals surface area contributed by atoms with E-state index in [1.54, 1.807) is 0 Å². The molecule has 11 atom stereocenters. The van der Waals surface area contributed by atoms with Gasteiger partial charge in [0.15, 0.2) is 12.5 Å². The monoisotopic (exact) mass is 563 g/mol. The van der Waals surface area contributed by atoms with Gasteiger partial charge in [0.1, 0.15) is 48.5 Å². The zero-order chi connectivity index (χ0) is 27.0. The van der Waals surface area contributed by atoms with Gasteiger partial charge in [-0.25, -0.2) is 13.7 Å². The van der Waals surface area contributed by atoms with E-state index in [4.69, 9.17) is 19.7 Å². The SMILES string of the molecule is CP(=O)(O[C@H]1OC(CO)[C@@H](O)C(O)[C@H]1O)OP(=O)(O)OC[C@H]1O[C@@H](n2ccc(N)nc2=O)[C@@H](O)C1O. The quantitative estimate of drug-likeness (QED) is 0.134. The van der Waals surface area contributed by atoms with Gasteiger partial charge in [0.05, 0.1) is 13.2 Å². The fourth-order valence-electron chi connectivity index (χ4n) is 3.46. The summed E-state index contributed by atoms with van der Waals surface area (Å²) in [7, 11) is -9.79. The average Bonchev–Trinajstić information content (AvgIpc) is 3.06.